The summed E-state index contributed by atoms with van der Waals surface area (Å²) < 4.78 is 1.18. The molecule has 0 atom stereocenters. The molecule has 0 aliphatic carbocycles. The summed E-state index contributed by atoms with van der Waals surface area (Å²) in [6.07, 6.45) is 0.828. The van der Waals surface area contributed by atoms with Gasteiger partial charge in [-0.15, -0.1) is 0 Å². The predicted molar refractivity (Wildman–Crippen MR) is 145 cm³/mol. The molecule has 37 heavy (non-hydrogen) atoms. The first-order chi connectivity index (χ1) is 18.0. The van der Waals surface area contributed by atoms with Gasteiger partial charge in [0.25, 0.3) is 0 Å². The van der Waals surface area contributed by atoms with E-state index in [4.69, 9.17) is 0 Å². The molecule has 8 heteroatoms. The molecule has 3 aromatic carbocycles. The number of carbonyl (C=O) groups excluding carboxylic acids is 2. The van der Waals surface area contributed by atoms with Gasteiger partial charge >= 0.3 is 11.7 Å². The van der Waals surface area contributed by atoms with Crippen molar-refractivity contribution in [2.75, 3.05) is 37.6 Å². The van der Waals surface area contributed by atoms with Crippen LogP contribution >= 0.6 is 0 Å². The van der Waals surface area contributed by atoms with Crippen LogP contribution in [0.15, 0.2) is 77.6 Å². The number of aromatic nitrogens is 2. The van der Waals surface area contributed by atoms with Crippen LogP contribution in [0.5, 0.6) is 0 Å². The Morgan fingerprint density at radius 1 is 0.892 bits per heavy atom. The number of carbonyl (C=O) groups is 2. The molecule has 2 heterocycles. The van der Waals surface area contributed by atoms with Gasteiger partial charge in [0.1, 0.15) is 0 Å². The third-order valence-corrected chi connectivity index (χ3v) is 6.97. The molecule has 1 aliphatic heterocycles. The quantitative estimate of drug-likeness (QED) is 0.381. The minimum absolute atomic E-state index is 0.0824. The maximum Gasteiger partial charge on any atom is 0.334 e. The molecule has 4 aromatic rings. The number of hydrogen-bond donors (Lipinski definition) is 2. The maximum atomic E-state index is 12.8. The van der Waals surface area contributed by atoms with E-state index in [1.165, 1.54) is 4.57 Å². The number of benzene rings is 3. The van der Waals surface area contributed by atoms with Crippen LogP contribution in [0.25, 0.3) is 11.0 Å². The Morgan fingerprint density at radius 2 is 1.62 bits per heavy atom. The average Bonchev–Trinajstić information content (AvgIpc) is 3.26. The molecule has 190 valence electrons. The van der Waals surface area contributed by atoms with E-state index in [2.05, 4.69) is 20.1 Å². The smallest absolute Gasteiger partial charge is 0.334 e. The summed E-state index contributed by atoms with van der Waals surface area (Å²) in [5.41, 5.74) is 4.73. The summed E-state index contributed by atoms with van der Waals surface area (Å²) in [5, 5.41) is 2.84. The Labute approximate surface area is 215 Å². The number of fused-ring (bicyclic) bond motifs is 1. The van der Waals surface area contributed by atoms with Crippen molar-refractivity contribution < 1.29 is 9.59 Å². The number of nitrogens with zero attached hydrogens (tertiary/aromatic N) is 3. The minimum atomic E-state index is -0.440. The molecule has 0 unspecified atom stereocenters. The molecule has 0 radical (unpaired) electrons. The van der Waals surface area contributed by atoms with Crippen molar-refractivity contribution in [2.24, 2.45) is 0 Å². The van der Waals surface area contributed by atoms with E-state index in [-0.39, 0.29) is 5.78 Å². The van der Waals surface area contributed by atoms with Crippen molar-refractivity contribution in [1.29, 1.82) is 0 Å². The van der Waals surface area contributed by atoms with Crippen LogP contribution in [0.3, 0.4) is 0 Å². The lowest BCUT2D eigenvalue weighted by Gasteiger charge is -2.36. The highest BCUT2D eigenvalue weighted by Gasteiger charge is 2.18. The van der Waals surface area contributed by atoms with E-state index in [9.17, 15) is 14.4 Å². The topological polar surface area (TPSA) is 90.4 Å². The van der Waals surface area contributed by atoms with E-state index in [1.807, 2.05) is 72.8 Å². The highest BCUT2D eigenvalue weighted by Crippen LogP contribution is 2.19. The molecular formula is C29H31N5O3. The molecule has 1 saturated heterocycles. The summed E-state index contributed by atoms with van der Waals surface area (Å²) in [6.45, 7) is 6.60. The first kappa shape index (κ1) is 24.5. The summed E-state index contributed by atoms with van der Waals surface area (Å²) in [4.78, 5) is 44.4. The van der Waals surface area contributed by atoms with Gasteiger partial charge in [0.05, 0.1) is 11.0 Å². The van der Waals surface area contributed by atoms with Gasteiger partial charge in [-0.05, 0) is 60.9 Å². The maximum absolute atomic E-state index is 12.8. The number of piperazine rings is 1. The number of imidazole rings is 1. The van der Waals surface area contributed by atoms with Gasteiger partial charge in [-0.3, -0.25) is 9.69 Å². The van der Waals surface area contributed by atoms with Crippen LogP contribution < -0.4 is 15.9 Å². The van der Waals surface area contributed by atoms with E-state index < -0.39 is 11.7 Å². The van der Waals surface area contributed by atoms with Crippen LogP contribution in [0, 0.1) is 0 Å². The molecule has 1 amide bonds. The first-order valence-corrected chi connectivity index (χ1v) is 12.6. The lowest BCUT2D eigenvalue weighted by Crippen LogP contribution is -2.47. The number of Topliss-reactive ketones (excluding diaryl/α,β-unsaturated/α-hetero) is 1. The predicted octanol–water partition coefficient (Wildman–Crippen LogP) is 3.65. The second-order valence-corrected chi connectivity index (χ2v) is 9.44. The van der Waals surface area contributed by atoms with E-state index in [0.29, 0.717) is 17.6 Å². The second-order valence-electron chi connectivity index (χ2n) is 9.44. The van der Waals surface area contributed by atoms with Crippen LogP contribution in [0.1, 0.15) is 28.4 Å². The molecular weight excluding hydrogens is 466 g/mol. The number of ketones is 1. The van der Waals surface area contributed by atoms with Crippen molar-refractivity contribution in [3.8, 4) is 0 Å². The van der Waals surface area contributed by atoms with Crippen LogP contribution in [0.2, 0.25) is 0 Å². The Kier molecular flexibility index (Phi) is 7.18. The van der Waals surface area contributed by atoms with E-state index >= 15 is 0 Å². The number of hydrogen-bond acceptors (Lipinski definition) is 5. The Morgan fingerprint density at radius 3 is 2.32 bits per heavy atom. The van der Waals surface area contributed by atoms with Gasteiger partial charge < -0.3 is 15.2 Å². The second kappa shape index (κ2) is 10.8. The normalized spacial score (nSPS) is 14.1. The van der Waals surface area contributed by atoms with Gasteiger partial charge in [0, 0.05) is 50.5 Å². The number of nitrogens with one attached hydrogen (secondary N) is 2. The zero-order chi connectivity index (χ0) is 25.8. The van der Waals surface area contributed by atoms with E-state index in [0.717, 1.165) is 61.5 Å². The zero-order valence-corrected chi connectivity index (χ0v) is 20.9. The van der Waals surface area contributed by atoms with Crippen LogP contribution in [-0.2, 0) is 13.0 Å². The van der Waals surface area contributed by atoms with Gasteiger partial charge in [-0.25, -0.2) is 14.2 Å². The lowest BCUT2D eigenvalue weighted by atomic mass is 10.1. The summed E-state index contributed by atoms with van der Waals surface area (Å²) in [7, 11) is 0. The number of anilines is 1. The summed E-state index contributed by atoms with van der Waals surface area (Å²) in [5.74, 6) is 0.0824. The van der Waals surface area contributed by atoms with Crippen molar-refractivity contribution in [1.82, 2.24) is 19.8 Å². The van der Waals surface area contributed by atoms with Gasteiger partial charge in [0.2, 0.25) is 0 Å². The molecule has 0 saturated carbocycles. The fourth-order valence-electron chi connectivity index (χ4n) is 4.78. The highest BCUT2D eigenvalue weighted by atomic mass is 16.2. The van der Waals surface area contributed by atoms with Gasteiger partial charge in [-0.1, -0.05) is 36.4 Å². The monoisotopic (exact) mass is 497 g/mol. The van der Waals surface area contributed by atoms with Crippen molar-refractivity contribution in [3.63, 3.8) is 0 Å². The zero-order valence-electron chi connectivity index (χ0n) is 20.9. The van der Waals surface area contributed by atoms with Gasteiger partial charge in [-0.2, -0.15) is 0 Å². The standard InChI is InChI=1S/C29H31N5O3/c1-21(35)24-8-10-25(11-9-24)33-17-15-32(16-18-33)14-13-22-7-12-26-27(19-22)34(29(37)31-26)28(36)30-20-23-5-3-2-4-6-23/h2-12,19H,13-18,20H2,1H3,(H,30,36)(H,31,37). The third kappa shape index (κ3) is 5.65. The number of H-pyrrole nitrogens is 1. The number of rotatable bonds is 7. The third-order valence-electron chi connectivity index (χ3n) is 6.97. The fourth-order valence-corrected chi connectivity index (χ4v) is 4.78. The Hall–Kier alpha value is -4.17. The van der Waals surface area contributed by atoms with Crippen molar-refractivity contribution in [3.05, 3.63) is 100.0 Å². The van der Waals surface area contributed by atoms with Crippen molar-refractivity contribution >= 4 is 28.5 Å². The largest absolute Gasteiger partial charge is 0.369 e. The minimum Gasteiger partial charge on any atom is -0.369 e. The molecule has 2 N–H and O–H groups in total. The molecule has 1 fully saturated rings. The Balaban J connectivity index is 1.19. The molecule has 0 bridgehead atoms. The summed E-state index contributed by atoms with van der Waals surface area (Å²) >= 11 is 0. The summed E-state index contributed by atoms with van der Waals surface area (Å²) in [6, 6.07) is 22.8. The fraction of sp³-hybridized carbons (Fsp3) is 0.276. The molecule has 8 nitrogen and oxygen atoms in total. The lowest BCUT2D eigenvalue weighted by molar-refractivity contribution is 0.101. The van der Waals surface area contributed by atoms with Crippen molar-refractivity contribution in [2.45, 2.75) is 19.9 Å². The average molecular weight is 498 g/mol. The first-order valence-electron chi connectivity index (χ1n) is 12.6. The molecule has 1 aliphatic rings. The molecule has 5 rings (SSSR count). The Bertz CT molecular complexity index is 1450. The van der Waals surface area contributed by atoms with E-state index in [1.54, 1.807) is 6.92 Å². The highest BCUT2D eigenvalue weighted by molar-refractivity contribution is 5.94. The number of amides is 1. The van der Waals surface area contributed by atoms with Crippen LogP contribution in [-0.4, -0.2) is 59.0 Å². The number of aromatic amines is 1. The van der Waals surface area contributed by atoms with Crippen LogP contribution in [0.4, 0.5) is 10.5 Å². The SMILES string of the molecule is CC(=O)c1ccc(N2CCN(CCc3ccc4[nH]c(=O)n(C(=O)NCc5ccccc5)c4c3)CC2)cc1. The molecule has 0 spiro atoms. The van der Waals surface area contributed by atoms with Gasteiger partial charge in [0.15, 0.2) is 5.78 Å². The molecule has 1 aromatic heterocycles.